The molecule has 3 fully saturated rings. The Kier molecular flexibility index (Phi) is 10.8. The van der Waals surface area contributed by atoms with Gasteiger partial charge in [0, 0.05) is 43.3 Å². The maximum atomic E-state index is 14.3. The molecule has 0 atom stereocenters. The third kappa shape index (κ3) is 8.02. The van der Waals surface area contributed by atoms with E-state index in [1.54, 1.807) is 61.1 Å². The van der Waals surface area contributed by atoms with E-state index >= 15 is 0 Å². The molecule has 0 saturated carbocycles. The van der Waals surface area contributed by atoms with Crippen LogP contribution in [0.4, 0.5) is 22.8 Å². The second kappa shape index (κ2) is 15.0. The number of alkyl halides is 3. The van der Waals surface area contributed by atoms with E-state index in [1.165, 1.54) is 23.9 Å². The number of benzene rings is 2. The number of carbonyl (C=O) groups excluding carboxylic acids is 3. The predicted octanol–water partition coefficient (Wildman–Crippen LogP) is 7.62. The number of para-hydroxylation sites is 1. The molecule has 12 nitrogen and oxygen atoms in total. The molecule has 3 aliphatic rings. The quantitative estimate of drug-likeness (QED) is 0.159. The third-order valence-corrected chi connectivity index (χ3v) is 10.3. The van der Waals surface area contributed by atoms with Crippen molar-refractivity contribution >= 4 is 29.8 Å². The maximum absolute atomic E-state index is 14.3. The first-order chi connectivity index (χ1) is 24.7. The topological polar surface area (TPSA) is 128 Å². The number of halogens is 3. The van der Waals surface area contributed by atoms with Crippen molar-refractivity contribution < 1.29 is 46.3 Å². The highest BCUT2D eigenvalue weighted by molar-refractivity contribution is 7.98. The number of urea groups is 1. The molecule has 0 aliphatic carbocycles. The Morgan fingerprint density at radius 1 is 1.04 bits per heavy atom. The van der Waals surface area contributed by atoms with E-state index in [2.05, 4.69) is 10.1 Å². The summed E-state index contributed by atoms with van der Waals surface area (Å²) in [5, 5.41) is 3.89. The van der Waals surface area contributed by atoms with E-state index in [0.29, 0.717) is 37.0 Å². The van der Waals surface area contributed by atoms with E-state index in [1.807, 2.05) is 0 Å². The van der Waals surface area contributed by atoms with Gasteiger partial charge in [-0.05, 0) is 95.4 Å². The third-order valence-electron chi connectivity index (χ3n) is 9.56. The maximum Gasteiger partial charge on any atom is 0.420 e. The SMILES string of the molecule is CSc1ccccc1Oc1ccc(-c2noc(CN3C(=O)N(CCC4CCOCC4)C4(CCN(C(=O)OC(C)(C)C)CC4)C3=O)n2)cc1C(F)(F)F. The molecular weight excluding hydrogens is 703 g/mol. The Balaban J connectivity index is 1.22. The Morgan fingerprint density at radius 3 is 2.42 bits per heavy atom. The lowest BCUT2D eigenvalue weighted by Gasteiger charge is -2.42. The van der Waals surface area contributed by atoms with Crippen LogP contribution >= 0.6 is 11.8 Å². The van der Waals surface area contributed by atoms with Crippen LogP contribution in [-0.4, -0.2) is 93.1 Å². The Morgan fingerprint density at radius 2 is 1.75 bits per heavy atom. The fraction of sp³-hybridized carbons (Fsp3) is 0.528. The first-order valence-corrected chi connectivity index (χ1v) is 18.5. The van der Waals surface area contributed by atoms with Crippen LogP contribution in [0.25, 0.3) is 11.4 Å². The van der Waals surface area contributed by atoms with E-state index < -0.39 is 46.7 Å². The number of piperidine rings is 1. The number of hydrogen-bond donors (Lipinski definition) is 0. The van der Waals surface area contributed by atoms with Gasteiger partial charge < -0.3 is 28.5 Å². The highest BCUT2D eigenvalue weighted by Crippen LogP contribution is 2.42. The molecule has 2 aromatic carbocycles. The van der Waals surface area contributed by atoms with Crippen molar-refractivity contribution in [1.29, 1.82) is 0 Å². The molecule has 280 valence electrons. The second-order valence-electron chi connectivity index (χ2n) is 14.1. The fourth-order valence-electron chi connectivity index (χ4n) is 6.82. The molecule has 0 radical (unpaired) electrons. The Bertz CT molecular complexity index is 1780. The van der Waals surface area contributed by atoms with Gasteiger partial charge in [0.2, 0.25) is 11.7 Å². The summed E-state index contributed by atoms with van der Waals surface area (Å²) >= 11 is 1.34. The number of rotatable bonds is 9. The van der Waals surface area contributed by atoms with Crippen molar-refractivity contribution in [3.05, 3.63) is 53.9 Å². The van der Waals surface area contributed by atoms with Crippen molar-refractivity contribution in [3.8, 4) is 22.9 Å². The standard InChI is InChI=1S/C36H42F3N5O7S/c1-34(2,3)50-33(47)42-17-14-35(15-18-42)31(45)43(32(46)44(35)16-11-23-12-19-48-20-13-23)22-29-40-30(41-51-29)24-9-10-26(25(21-24)36(37,38)39)49-27-7-5-6-8-28(27)52-4/h5-10,21,23H,11-20,22H2,1-4H3. The molecule has 3 aliphatic heterocycles. The molecular formula is C36H42F3N5O7S. The lowest BCUT2D eigenvalue weighted by molar-refractivity contribution is -0.138. The van der Waals surface area contributed by atoms with Gasteiger partial charge in [-0.15, -0.1) is 11.8 Å². The molecule has 6 rings (SSSR count). The number of amides is 4. The van der Waals surface area contributed by atoms with Gasteiger partial charge in [-0.25, -0.2) is 9.59 Å². The minimum absolute atomic E-state index is 0.0102. The molecule has 16 heteroatoms. The van der Waals surface area contributed by atoms with E-state index in [4.69, 9.17) is 18.7 Å². The van der Waals surface area contributed by atoms with Crippen LogP contribution in [0.1, 0.15) is 64.3 Å². The summed E-state index contributed by atoms with van der Waals surface area (Å²) in [7, 11) is 0. The van der Waals surface area contributed by atoms with Crippen LogP contribution in [0.15, 0.2) is 51.9 Å². The van der Waals surface area contributed by atoms with Crippen LogP contribution in [0.2, 0.25) is 0 Å². The van der Waals surface area contributed by atoms with Gasteiger partial charge in [0.05, 0.1) is 5.56 Å². The van der Waals surface area contributed by atoms with Crippen molar-refractivity contribution in [3.63, 3.8) is 0 Å². The Hall–Kier alpha value is -4.31. The van der Waals surface area contributed by atoms with Gasteiger partial charge in [-0.2, -0.15) is 18.2 Å². The molecule has 1 aromatic heterocycles. The molecule has 52 heavy (non-hydrogen) atoms. The summed E-state index contributed by atoms with van der Waals surface area (Å²) in [6.07, 6.45) is -0.617. The molecule has 4 heterocycles. The summed E-state index contributed by atoms with van der Waals surface area (Å²) < 4.78 is 64.9. The summed E-state index contributed by atoms with van der Waals surface area (Å²) in [6, 6.07) is 9.72. The van der Waals surface area contributed by atoms with E-state index in [0.717, 1.165) is 23.8 Å². The average Bonchev–Trinajstić information content (AvgIpc) is 3.65. The fourth-order valence-corrected chi connectivity index (χ4v) is 7.35. The zero-order chi connectivity index (χ0) is 37.3. The summed E-state index contributed by atoms with van der Waals surface area (Å²) in [5.41, 5.74) is -2.89. The van der Waals surface area contributed by atoms with Gasteiger partial charge in [0.1, 0.15) is 29.2 Å². The summed E-state index contributed by atoms with van der Waals surface area (Å²) in [4.78, 5) is 50.2. The largest absolute Gasteiger partial charge is 0.456 e. The summed E-state index contributed by atoms with van der Waals surface area (Å²) in [6.45, 7) is 7.02. The molecule has 0 bridgehead atoms. The van der Waals surface area contributed by atoms with Gasteiger partial charge >= 0.3 is 18.3 Å². The average molecular weight is 746 g/mol. The molecule has 1 spiro atoms. The van der Waals surface area contributed by atoms with Crippen LogP contribution in [0.3, 0.4) is 0 Å². The van der Waals surface area contributed by atoms with Gasteiger partial charge in [0.25, 0.3) is 5.91 Å². The van der Waals surface area contributed by atoms with Crippen LogP contribution < -0.4 is 4.74 Å². The van der Waals surface area contributed by atoms with Gasteiger partial charge in [-0.1, -0.05) is 17.3 Å². The predicted molar refractivity (Wildman–Crippen MR) is 184 cm³/mol. The Labute approximate surface area is 303 Å². The first kappa shape index (κ1) is 37.4. The second-order valence-corrected chi connectivity index (χ2v) is 15.0. The lowest BCUT2D eigenvalue weighted by atomic mass is 9.85. The number of likely N-dealkylation sites (tertiary alicyclic amines) is 1. The zero-order valence-corrected chi connectivity index (χ0v) is 30.3. The number of imide groups is 1. The monoisotopic (exact) mass is 745 g/mol. The number of aromatic nitrogens is 2. The number of thioether (sulfide) groups is 1. The number of carbonyl (C=O) groups is 3. The van der Waals surface area contributed by atoms with E-state index in [-0.39, 0.29) is 55.5 Å². The number of ether oxygens (including phenoxy) is 3. The molecule has 3 saturated heterocycles. The highest BCUT2D eigenvalue weighted by atomic mass is 32.2. The van der Waals surface area contributed by atoms with Crippen LogP contribution in [0.5, 0.6) is 11.5 Å². The number of nitrogens with zero attached hydrogens (tertiary/aromatic N) is 5. The smallest absolute Gasteiger partial charge is 0.420 e. The first-order valence-electron chi connectivity index (χ1n) is 17.2. The van der Waals surface area contributed by atoms with E-state index in [9.17, 15) is 27.6 Å². The van der Waals surface area contributed by atoms with Crippen LogP contribution in [-0.2, 0) is 27.0 Å². The van der Waals surface area contributed by atoms with Crippen molar-refractivity contribution in [2.24, 2.45) is 5.92 Å². The molecule has 3 aromatic rings. The van der Waals surface area contributed by atoms with Crippen molar-refractivity contribution in [2.75, 3.05) is 39.1 Å². The van der Waals surface area contributed by atoms with Crippen LogP contribution in [0, 0.1) is 5.92 Å². The molecule has 0 unspecified atom stereocenters. The van der Waals surface area contributed by atoms with Crippen molar-refractivity contribution in [2.45, 2.75) is 81.6 Å². The zero-order valence-electron chi connectivity index (χ0n) is 29.5. The van der Waals surface area contributed by atoms with Crippen molar-refractivity contribution in [1.82, 2.24) is 24.8 Å². The molecule has 4 amide bonds. The van der Waals surface area contributed by atoms with Gasteiger partial charge in [-0.3, -0.25) is 9.69 Å². The number of hydrogen-bond acceptors (Lipinski definition) is 10. The molecule has 0 N–H and O–H groups in total. The lowest BCUT2D eigenvalue weighted by Crippen LogP contribution is -2.58. The highest BCUT2D eigenvalue weighted by Gasteiger charge is 2.58. The normalized spacial score (nSPS) is 18.4. The van der Waals surface area contributed by atoms with Gasteiger partial charge in [0.15, 0.2) is 0 Å². The summed E-state index contributed by atoms with van der Waals surface area (Å²) in [5.74, 6) is -0.482. The minimum Gasteiger partial charge on any atom is -0.456 e. The minimum atomic E-state index is -4.76.